The van der Waals surface area contributed by atoms with Crippen molar-refractivity contribution >= 4 is 18.2 Å². The lowest BCUT2D eigenvalue weighted by atomic mass is 9.80. The monoisotopic (exact) mass is 392 g/mol. The van der Waals surface area contributed by atoms with E-state index in [4.69, 9.17) is 9.47 Å². The van der Waals surface area contributed by atoms with Crippen LogP contribution in [0.15, 0.2) is 30.3 Å². The van der Waals surface area contributed by atoms with Crippen LogP contribution >= 0.6 is 0 Å². The summed E-state index contributed by atoms with van der Waals surface area (Å²) in [7, 11) is 0. The van der Waals surface area contributed by atoms with Gasteiger partial charge in [0.15, 0.2) is 0 Å². The predicted molar refractivity (Wildman–Crippen MR) is 102 cm³/mol. The molecule has 1 aromatic rings. The highest BCUT2D eigenvalue weighted by Crippen LogP contribution is 2.30. The molecular formula is C20H28N2O6. The molecule has 0 unspecified atom stereocenters. The van der Waals surface area contributed by atoms with Gasteiger partial charge >= 0.3 is 18.2 Å². The van der Waals surface area contributed by atoms with E-state index < -0.39 is 35.2 Å². The average Bonchev–Trinajstić information content (AvgIpc) is 2.58. The van der Waals surface area contributed by atoms with Crippen LogP contribution in [0.3, 0.4) is 0 Å². The van der Waals surface area contributed by atoms with Gasteiger partial charge in [0.05, 0.1) is 11.5 Å². The van der Waals surface area contributed by atoms with Crippen LogP contribution in [0, 0.1) is 5.41 Å². The number of hydrogen-bond acceptors (Lipinski definition) is 5. The number of rotatable bonds is 4. The molecule has 1 heterocycles. The van der Waals surface area contributed by atoms with E-state index in [-0.39, 0.29) is 26.1 Å². The second-order valence-corrected chi connectivity index (χ2v) is 8.33. The Hall–Kier alpha value is -2.77. The number of amides is 2. The third-order valence-corrected chi connectivity index (χ3v) is 4.38. The number of nitrogens with one attached hydrogen (secondary N) is 1. The molecule has 8 nitrogen and oxygen atoms in total. The van der Waals surface area contributed by atoms with Gasteiger partial charge in [0.25, 0.3) is 0 Å². The summed E-state index contributed by atoms with van der Waals surface area (Å²) in [6.45, 7) is 7.00. The highest BCUT2D eigenvalue weighted by Gasteiger charge is 2.44. The standard InChI is InChI=1S/C20H28N2O6/c1-19(2,3)28-17(25)21-15-10-20(4,16(23)24)13-22(11-15)18(26)27-12-14-8-6-5-7-9-14/h5-9,15H,10-13H2,1-4H3,(H,21,25)(H,23,24)/t15-,20-/m1/s1. The summed E-state index contributed by atoms with van der Waals surface area (Å²) in [4.78, 5) is 37.7. The van der Waals surface area contributed by atoms with Crippen molar-refractivity contribution in [2.75, 3.05) is 13.1 Å². The molecule has 1 aromatic carbocycles. The van der Waals surface area contributed by atoms with Crippen LogP contribution in [-0.2, 0) is 20.9 Å². The fourth-order valence-electron chi connectivity index (χ4n) is 3.10. The summed E-state index contributed by atoms with van der Waals surface area (Å²) in [5, 5.41) is 12.3. The van der Waals surface area contributed by atoms with E-state index >= 15 is 0 Å². The molecule has 154 valence electrons. The van der Waals surface area contributed by atoms with Crippen molar-refractivity contribution < 1.29 is 29.0 Å². The van der Waals surface area contributed by atoms with Gasteiger partial charge in [-0.05, 0) is 39.7 Å². The summed E-state index contributed by atoms with van der Waals surface area (Å²) in [5.41, 5.74) is -1.05. The van der Waals surface area contributed by atoms with Gasteiger partial charge in [-0.1, -0.05) is 30.3 Å². The number of benzene rings is 1. The molecule has 1 aliphatic heterocycles. The molecule has 2 rings (SSSR count). The minimum atomic E-state index is -1.20. The third-order valence-electron chi connectivity index (χ3n) is 4.38. The van der Waals surface area contributed by atoms with Crippen molar-refractivity contribution in [3.8, 4) is 0 Å². The lowest BCUT2D eigenvalue weighted by molar-refractivity contribution is -0.151. The number of carboxylic acids is 1. The molecule has 1 aliphatic rings. The molecule has 0 saturated carbocycles. The summed E-state index contributed by atoms with van der Waals surface area (Å²) < 4.78 is 10.6. The van der Waals surface area contributed by atoms with Crippen molar-refractivity contribution in [3.63, 3.8) is 0 Å². The average molecular weight is 392 g/mol. The summed E-state index contributed by atoms with van der Waals surface area (Å²) in [6, 6.07) is 8.64. The van der Waals surface area contributed by atoms with Crippen molar-refractivity contribution in [2.45, 2.75) is 52.4 Å². The van der Waals surface area contributed by atoms with Gasteiger partial charge in [0, 0.05) is 13.1 Å². The van der Waals surface area contributed by atoms with Crippen LogP contribution < -0.4 is 5.32 Å². The Morgan fingerprint density at radius 2 is 1.89 bits per heavy atom. The number of ether oxygens (including phenoxy) is 2. The highest BCUT2D eigenvalue weighted by molar-refractivity contribution is 5.77. The summed E-state index contributed by atoms with van der Waals surface area (Å²) in [5.74, 6) is -1.04. The molecule has 0 spiro atoms. The maximum atomic E-state index is 12.5. The first kappa shape index (κ1) is 21.5. The molecule has 1 fully saturated rings. The Kier molecular flexibility index (Phi) is 6.53. The SMILES string of the molecule is CC(C)(C)OC(=O)N[C@H]1CN(C(=O)OCc2ccccc2)C[C@](C)(C(=O)O)C1. The topological polar surface area (TPSA) is 105 Å². The molecule has 0 radical (unpaired) electrons. The zero-order valence-corrected chi connectivity index (χ0v) is 16.7. The molecule has 28 heavy (non-hydrogen) atoms. The number of carboxylic acid groups (broad SMARTS) is 1. The predicted octanol–water partition coefficient (Wildman–Crippen LogP) is 3.01. The van der Waals surface area contributed by atoms with Gasteiger partial charge < -0.3 is 24.8 Å². The number of hydrogen-bond donors (Lipinski definition) is 2. The molecule has 2 atom stereocenters. The quantitative estimate of drug-likeness (QED) is 0.816. The second kappa shape index (κ2) is 8.50. The Balaban J connectivity index is 2.04. The van der Waals surface area contributed by atoms with Crippen LogP contribution in [-0.4, -0.2) is 52.9 Å². The van der Waals surface area contributed by atoms with Gasteiger partial charge in [-0.15, -0.1) is 0 Å². The van der Waals surface area contributed by atoms with Gasteiger partial charge in [-0.25, -0.2) is 9.59 Å². The van der Waals surface area contributed by atoms with Crippen molar-refractivity contribution in [3.05, 3.63) is 35.9 Å². The molecule has 0 aliphatic carbocycles. The first-order chi connectivity index (χ1) is 13.0. The lowest BCUT2D eigenvalue weighted by Gasteiger charge is -2.41. The first-order valence-electron chi connectivity index (χ1n) is 9.17. The zero-order valence-electron chi connectivity index (χ0n) is 16.7. The number of aliphatic carboxylic acids is 1. The maximum Gasteiger partial charge on any atom is 0.410 e. The number of carbonyl (C=O) groups is 3. The molecule has 1 saturated heterocycles. The van der Waals surface area contributed by atoms with Crippen LogP contribution in [0.5, 0.6) is 0 Å². The number of piperidine rings is 1. The van der Waals surface area contributed by atoms with Gasteiger partial charge in [0.1, 0.15) is 12.2 Å². The van der Waals surface area contributed by atoms with Crippen molar-refractivity contribution in [1.29, 1.82) is 0 Å². The third kappa shape index (κ3) is 6.14. The summed E-state index contributed by atoms with van der Waals surface area (Å²) >= 11 is 0. The van der Waals surface area contributed by atoms with Gasteiger partial charge in [0.2, 0.25) is 0 Å². The van der Waals surface area contributed by atoms with Gasteiger partial charge in [-0.3, -0.25) is 4.79 Å². The van der Waals surface area contributed by atoms with Crippen LogP contribution in [0.25, 0.3) is 0 Å². The summed E-state index contributed by atoms with van der Waals surface area (Å²) in [6.07, 6.45) is -1.08. The molecule has 0 bridgehead atoms. The van der Waals surface area contributed by atoms with E-state index in [1.54, 1.807) is 27.7 Å². The van der Waals surface area contributed by atoms with E-state index in [0.29, 0.717) is 0 Å². The number of alkyl carbamates (subject to hydrolysis) is 1. The zero-order chi connectivity index (χ0) is 20.9. The molecular weight excluding hydrogens is 364 g/mol. The first-order valence-corrected chi connectivity index (χ1v) is 9.17. The molecule has 2 N–H and O–H groups in total. The lowest BCUT2D eigenvalue weighted by Crippen LogP contribution is -2.58. The van der Waals surface area contributed by atoms with E-state index in [0.717, 1.165) is 5.56 Å². The minimum Gasteiger partial charge on any atom is -0.481 e. The minimum absolute atomic E-state index is 0.00244. The van der Waals surface area contributed by atoms with Crippen LogP contribution in [0.2, 0.25) is 0 Å². The van der Waals surface area contributed by atoms with E-state index in [1.807, 2.05) is 30.3 Å². The smallest absolute Gasteiger partial charge is 0.410 e. The van der Waals surface area contributed by atoms with Crippen LogP contribution in [0.4, 0.5) is 9.59 Å². The molecule has 0 aromatic heterocycles. The van der Waals surface area contributed by atoms with Crippen molar-refractivity contribution in [2.24, 2.45) is 5.41 Å². The second-order valence-electron chi connectivity index (χ2n) is 8.33. The Labute approximate surface area is 164 Å². The fraction of sp³-hybridized carbons (Fsp3) is 0.550. The van der Waals surface area contributed by atoms with Crippen LogP contribution in [0.1, 0.15) is 39.7 Å². The normalized spacial score (nSPS) is 22.3. The number of carbonyl (C=O) groups excluding carboxylic acids is 2. The molecule has 2 amide bonds. The van der Waals surface area contributed by atoms with Gasteiger partial charge in [-0.2, -0.15) is 0 Å². The Morgan fingerprint density at radius 1 is 1.25 bits per heavy atom. The van der Waals surface area contributed by atoms with E-state index in [9.17, 15) is 19.5 Å². The largest absolute Gasteiger partial charge is 0.481 e. The van der Waals surface area contributed by atoms with E-state index in [2.05, 4.69) is 5.32 Å². The molecule has 8 heteroatoms. The highest BCUT2D eigenvalue weighted by atomic mass is 16.6. The maximum absolute atomic E-state index is 12.5. The Morgan fingerprint density at radius 3 is 2.46 bits per heavy atom. The number of nitrogens with zero attached hydrogens (tertiary/aromatic N) is 1. The number of likely N-dealkylation sites (tertiary alicyclic amines) is 1. The Bertz CT molecular complexity index is 715. The fourth-order valence-corrected chi connectivity index (χ4v) is 3.10. The van der Waals surface area contributed by atoms with Crippen molar-refractivity contribution in [1.82, 2.24) is 10.2 Å². The van der Waals surface area contributed by atoms with E-state index in [1.165, 1.54) is 4.90 Å².